The Morgan fingerprint density at radius 2 is 1.46 bits per heavy atom. The number of H-pyrrole nitrogens is 1. The molecule has 0 aliphatic heterocycles. The van der Waals surface area contributed by atoms with Crippen molar-refractivity contribution < 1.29 is 0 Å². The van der Waals surface area contributed by atoms with E-state index in [1.165, 1.54) is 49.2 Å². The van der Waals surface area contributed by atoms with Crippen molar-refractivity contribution in [1.29, 1.82) is 0 Å². The molecule has 0 amide bonds. The zero-order chi connectivity index (χ0) is 17.1. The lowest BCUT2D eigenvalue weighted by molar-refractivity contribution is 1.13. The maximum Gasteiger partial charge on any atom is 0.0544 e. The zero-order valence-electron chi connectivity index (χ0n) is 14.1. The highest BCUT2D eigenvalue weighted by Gasteiger charge is 2.10. The Kier molecular flexibility index (Phi) is 2.64. The molecule has 122 valence electrons. The number of aromatic amines is 1. The van der Waals surface area contributed by atoms with E-state index in [4.69, 9.17) is 0 Å². The molecule has 0 bridgehead atoms. The van der Waals surface area contributed by atoms with Gasteiger partial charge in [0.2, 0.25) is 0 Å². The van der Waals surface area contributed by atoms with Crippen LogP contribution in [-0.4, -0.2) is 9.55 Å². The lowest BCUT2D eigenvalue weighted by Crippen LogP contribution is -1.90. The number of para-hydroxylation sites is 2. The zero-order valence-corrected chi connectivity index (χ0v) is 14.1. The molecule has 0 spiro atoms. The molecule has 4 aromatic carbocycles. The molecular formula is C24H16N2. The number of benzene rings is 4. The lowest BCUT2D eigenvalue weighted by Gasteiger charge is -2.07. The highest BCUT2D eigenvalue weighted by atomic mass is 15.0. The van der Waals surface area contributed by atoms with E-state index in [0.717, 1.165) is 0 Å². The molecule has 2 aromatic heterocycles. The van der Waals surface area contributed by atoms with Gasteiger partial charge in [0.25, 0.3) is 0 Å². The molecule has 6 rings (SSSR count). The largest absolute Gasteiger partial charge is 0.354 e. The van der Waals surface area contributed by atoms with Gasteiger partial charge in [-0.05, 0) is 41.8 Å². The third kappa shape index (κ3) is 1.81. The number of hydrogen-bond acceptors (Lipinski definition) is 0. The number of aromatic nitrogens is 2. The highest BCUT2D eigenvalue weighted by molar-refractivity contribution is 6.18. The van der Waals surface area contributed by atoms with Crippen LogP contribution in [0.25, 0.3) is 49.2 Å². The summed E-state index contributed by atoms with van der Waals surface area (Å²) >= 11 is 0. The number of nitrogens with zero attached hydrogens (tertiary/aromatic N) is 1. The third-order valence-electron chi connectivity index (χ3n) is 5.34. The van der Waals surface area contributed by atoms with Gasteiger partial charge in [-0.3, -0.25) is 0 Å². The molecule has 0 unspecified atom stereocenters. The molecule has 6 aromatic rings. The van der Waals surface area contributed by atoms with Crippen molar-refractivity contribution >= 4 is 43.5 Å². The number of fused-ring (bicyclic) bond motifs is 6. The van der Waals surface area contributed by atoms with Crippen LogP contribution >= 0.6 is 0 Å². The van der Waals surface area contributed by atoms with E-state index in [2.05, 4.69) is 101 Å². The first-order chi connectivity index (χ1) is 12.9. The molecule has 0 aliphatic rings. The second kappa shape index (κ2) is 4.99. The summed E-state index contributed by atoms with van der Waals surface area (Å²) in [6.45, 7) is 0. The summed E-state index contributed by atoms with van der Waals surface area (Å²) in [5, 5.41) is 6.36. The van der Waals surface area contributed by atoms with Crippen LogP contribution in [0.3, 0.4) is 0 Å². The topological polar surface area (TPSA) is 20.7 Å². The minimum absolute atomic E-state index is 1.19. The van der Waals surface area contributed by atoms with Crippen LogP contribution in [0.1, 0.15) is 0 Å². The van der Waals surface area contributed by atoms with Crippen LogP contribution in [-0.2, 0) is 0 Å². The van der Waals surface area contributed by atoms with Crippen LogP contribution in [0.15, 0.2) is 91.1 Å². The van der Waals surface area contributed by atoms with Gasteiger partial charge in [0.05, 0.1) is 11.0 Å². The predicted molar refractivity (Wildman–Crippen MR) is 110 cm³/mol. The summed E-state index contributed by atoms with van der Waals surface area (Å²) in [5.74, 6) is 0. The second-order valence-electron chi connectivity index (χ2n) is 6.81. The number of hydrogen-bond donors (Lipinski definition) is 1. The van der Waals surface area contributed by atoms with Crippen molar-refractivity contribution in [2.75, 3.05) is 0 Å². The molecule has 0 saturated heterocycles. The van der Waals surface area contributed by atoms with Crippen LogP contribution < -0.4 is 0 Å². The molecule has 0 fully saturated rings. The minimum Gasteiger partial charge on any atom is -0.354 e. The Morgan fingerprint density at radius 3 is 2.38 bits per heavy atom. The van der Waals surface area contributed by atoms with Gasteiger partial charge < -0.3 is 9.55 Å². The first-order valence-electron chi connectivity index (χ1n) is 8.88. The monoisotopic (exact) mass is 332 g/mol. The average Bonchev–Trinajstić information content (AvgIpc) is 3.28. The lowest BCUT2D eigenvalue weighted by atomic mass is 10.0. The van der Waals surface area contributed by atoms with E-state index in [1.807, 2.05) is 0 Å². The minimum atomic E-state index is 1.19. The molecule has 0 atom stereocenters. The van der Waals surface area contributed by atoms with E-state index in [9.17, 15) is 0 Å². The molecule has 2 heteroatoms. The fourth-order valence-corrected chi connectivity index (χ4v) is 4.09. The number of rotatable bonds is 1. The Bertz CT molecular complexity index is 1420. The molecule has 26 heavy (non-hydrogen) atoms. The maximum atomic E-state index is 3.62. The standard InChI is InChI=1S/C24H16N2/c1-2-6-18(7-3-1)26-13-12-17-14-21-16(15-23(17)26)10-11-20-19-8-4-5-9-22(19)25-24(20)21/h1-15,25H. The Hall–Kier alpha value is -3.52. The molecule has 2 nitrogen and oxygen atoms in total. The molecule has 0 radical (unpaired) electrons. The quantitative estimate of drug-likeness (QED) is 0.359. The van der Waals surface area contributed by atoms with Gasteiger partial charge in [-0.1, -0.05) is 48.5 Å². The Morgan fingerprint density at radius 1 is 0.615 bits per heavy atom. The molecule has 2 heterocycles. The normalized spacial score (nSPS) is 11.8. The predicted octanol–water partition coefficient (Wildman–Crippen LogP) is 6.42. The van der Waals surface area contributed by atoms with Crippen LogP contribution in [0.5, 0.6) is 0 Å². The Balaban J connectivity index is 1.71. The van der Waals surface area contributed by atoms with Crippen molar-refractivity contribution in [3.05, 3.63) is 91.1 Å². The van der Waals surface area contributed by atoms with E-state index in [0.29, 0.717) is 0 Å². The molecule has 1 N–H and O–H groups in total. The van der Waals surface area contributed by atoms with Crippen LogP contribution in [0.4, 0.5) is 0 Å². The van der Waals surface area contributed by atoms with Crippen LogP contribution in [0, 0.1) is 0 Å². The van der Waals surface area contributed by atoms with Crippen molar-refractivity contribution in [2.45, 2.75) is 0 Å². The summed E-state index contributed by atoms with van der Waals surface area (Å²) < 4.78 is 2.25. The number of nitrogens with one attached hydrogen (secondary N) is 1. The van der Waals surface area contributed by atoms with Crippen LogP contribution in [0.2, 0.25) is 0 Å². The van der Waals surface area contributed by atoms with Gasteiger partial charge in [0.1, 0.15) is 0 Å². The van der Waals surface area contributed by atoms with Gasteiger partial charge in [-0.15, -0.1) is 0 Å². The van der Waals surface area contributed by atoms with Crippen molar-refractivity contribution in [2.24, 2.45) is 0 Å². The average molecular weight is 332 g/mol. The fraction of sp³-hybridized carbons (Fsp3) is 0. The smallest absolute Gasteiger partial charge is 0.0544 e. The van der Waals surface area contributed by atoms with Crippen molar-refractivity contribution in [3.63, 3.8) is 0 Å². The molecular weight excluding hydrogens is 316 g/mol. The van der Waals surface area contributed by atoms with Crippen molar-refractivity contribution in [1.82, 2.24) is 9.55 Å². The summed E-state index contributed by atoms with van der Waals surface area (Å²) in [7, 11) is 0. The first-order valence-corrected chi connectivity index (χ1v) is 8.88. The molecule has 0 aliphatic carbocycles. The molecule has 0 saturated carbocycles. The van der Waals surface area contributed by atoms with Gasteiger partial charge >= 0.3 is 0 Å². The van der Waals surface area contributed by atoms with E-state index < -0.39 is 0 Å². The van der Waals surface area contributed by atoms with E-state index in [1.54, 1.807) is 0 Å². The van der Waals surface area contributed by atoms with Gasteiger partial charge in [-0.25, -0.2) is 0 Å². The van der Waals surface area contributed by atoms with E-state index >= 15 is 0 Å². The Labute approximate surface area is 150 Å². The maximum absolute atomic E-state index is 3.62. The van der Waals surface area contributed by atoms with E-state index in [-0.39, 0.29) is 0 Å². The third-order valence-corrected chi connectivity index (χ3v) is 5.34. The summed E-state index contributed by atoms with van der Waals surface area (Å²) in [6.07, 6.45) is 2.15. The first kappa shape index (κ1) is 13.7. The summed E-state index contributed by atoms with van der Waals surface area (Å²) in [4.78, 5) is 3.62. The van der Waals surface area contributed by atoms with Crippen molar-refractivity contribution in [3.8, 4) is 5.69 Å². The highest BCUT2D eigenvalue weighted by Crippen LogP contribution is 2.34. The van der Waals surface area contributed by atoms with Gasteiger partial charge in [0, 0.05) is 38.9 Å². The fourth-order valence-electron chi connectivity index (χ4n) is 4.09. The second-order valence-corrected chi connectivity index (χ2v) is 6.81. The SMILES string of the molecule is c1ccc(-n2ccc3cc4c(ccc5c6ccccc6[nH]c45)cc32)cc1. The van der Waals surface area contributed by atoms with Gasteiger partial charge in [0.15, 0.2) is 0 Å². The van der Waals surface area contributed by atoms with Gasteiger partial charge in [-0.2, -0.15) is 0 Å². The summed E-state index contributed by atoms with van der Waals surface area (Å²) in [5.41, 5.74) is 4.84. The summed E-state index contributed by atoms with van der Waals surface area (Å²) in [6, 6.07) is 30.3.